The molecule has 0 bridgehead atoms. The number of fused-ring (bicyclic) bond motifs is 12. The number of thiophene rings is 3. The molecule has 0 saturated heterocycles. The van der Waals surface area contributed by atoms with Gasteiger partial charge in [0.1, 0.15) is 0 Å². The normalized spacial score (nSPS) is 13.4. The average Bonchev–Trinajstić information content (AvgIpc) is 3.97. The fourth-order valence-electron chi connectivity index (χ4n) is 9.17. The van der Waals surface area contributed by atoms with E-state index in [4.69, 9.17) is 0 Å². The van der Waals surface area contributed by atoms with Crippen molar-refractivity contribution >= 4 is 112 Å². The van der Waals surface area contributed by atoms with E-state index >= 15 is 0 Å². The summed E-state index contributed by atoms with van der Waals surface area (Å²) in [4.78, 5) is 2.50. The number of nitrogens with zero attached hydrogens (tertiary/aromatic N) is 1. The van der Waals surface area contributed by atoms with Gasteiger partial charge in [-0.3, -0.25) is 0 Å². The molecule has 1 aliphatic carbocycles. The molecule has 0 fully saturated rings. The van der Waals surface area contributed by atoms with E-state index in [0.29, 0.717) is 0 Å². The summed E-state index contributed by atoms with van der Waals surface area (Å²) in [6.45, 7) is 2.41. The van der Waals surface area contributed by atoms with Gasteiger partial charge in [-0.25, -0.2) is 0 Å². The van der Waals surface area contributed by atoms with Crippen molar-refractivity contribution in [2.45, 2.75) is 12.3 Å². The Balaban J connectivity index is 1.09. The van der Waals surface area contributed by atoms with E-state index in [1.807, 2.05) is 34.0 Å². The largest absolute Gasteiger partial charge is 0.309 e. The summed E-state index contributed by atoms with van der Waals surface area (Å²) in [6, 6.07) is 63.7. The monoisotopic (exact) mass is 741 g/mol. The molecule has 8 aromatic carbocycles. The summed E-state index contributed by atoms with van der Waals surface area (Å²) < 4.78 is 7.88. The first kappa shape index (κ1) is 30.7. The molecule has 0 N–H and O–H groups in total. The zero-order valence-corrected chi connectivity index (χ0v) is 31.8. The molecule has 1 aliphatic rings. The summed E-state index contributed by atoms with van der Waals surface area (Å²) in [7, 11) is 0. The molecule has 4 heteroatoms. The van der Waals surface area contributed by atoms with Gasteiger partial charge in [0.05, 0.1) is 10.4 Å². The van der Waals surface area contributed by atoms with Crippen LogP contribution in [-0.4, -0.2) is 0 Å². The maximum atomic E-state index is 2.50. The van der Waals surface area contributed by atoms with Gasteiger partial charge in [0.2, 0.25) is 0 Å². The Morgan fingerprint density at radius 3 is 1.70 bits per heavy atom. The van der Waals surface area contributed by atoms with Gasteiger partial charge in [0.15, 0.2) is 0 Å². The van der Waals surface area contributed by atoms with Gasteiger partial charge < -0.3 is 4.90 Å². The second-order valence-corrected chi connectivity index (χ2v) is 17.8. The molecule has 0 saturated carbocycles. The maximum Gasteiger partial charge on any atom is 0.0640 e. The molecule has 0 aliphatic heterocycles. The molecule has 0 spiro atoms. The summed E-state index contributed by atoms with van der Waals surface area (Å²) in [5.74, 6) is 0. The Hall–Kier alpha value is -5.78. The van der Waals surface area contributed by atoms with Crippen molar-refractivity contribution in [1.29, 1.82) is 0 Å². The third-order valence-electron chi connectivity index (χ3n) is 11.8. The van der Waals surface area contributed by atoms with Crippen LogP contribution < -0.4 is 4.90 Å². The summed E-state index contributed by atoms with van der Waals surface area (Å²) in [5, 5.41) is 7.87. The lowest BCUT2D eigenvalue weighted by atomic mass is 9.74. The van der Waals surface area contributed by atoms with Crippen LogP contribution in [0.15, 0.2) is 170 Å². The molecule has 3 heterocycles. The van der Waals surface area contributed by atoms with Crippen LogP contribution >= 0.6 is 34.0 Å². The van der Waals surface area contributed by atoms with E-state index in [1.54, 1.807) is 0 Å². The SMILES string of the molecule is CC1(c2ccc3sc4c(N(c5ccc6c(c5)sc5ccccc56)c5ccc6sc7ccccc7c6c5)cccc4c3c2)c2ccccc2-c2ccccc21. The summed E-state index contributed by atoms with van der Waals surface area (Å²) >= 11 is 5.66. The molecular formula is C50H31NS3. The van der Waals surface area contributed by atoms with Crippen molar-refractivity contribution in [2.24, 2.45) is 0 Å². The summed E-state index contributed by atoms with van der Waals surface area (Å²) in [6.07, 6.45) is 0. The van der Waals surface area contributed by atoms with Gasteiger partial charge in [-0.2, -0.15) is 0 Å². The van der Waals surface area contributed by atoms with Crippen molar-refractivity contribution in [3.63, 3.8) is 0 Å². The number of hydrogen-bond donors (Lipinski definition) is 0. The third-order valence-corrected chi connectivity index (χ3v) is 15.2. The fourth-order valence-corrected chi connectivity index (χ4v) is 12.6. The van der Waals surface area contributed by atoms with E-state index in [1.165, 1.54) is 105 Å². The molecule has 11 aromatic rings. The first-order valence-corrected chi connectivity index (χ1v) is 20.9. The van der Waals surface area contributed by atoms with Crippen molar-refractivity contribution in [2.75, 3.05) is 4.90 Å². The van der Waals surface area contributed by atoms with Crippen molar-refractivity contribution in [3.8, 4) is 11.1 Å². The highest BCUT2D eigenvalue weighted by Crippen LogP contribution is 2.54. The smallest absolute Gasteiger partial charge is 0.0640 e. The van der Waals surface area contributed by atoms with Crippen LogP contribution in [0.25, 0.3) is 71.6 Å². The summed E-state index contributed by atoms with van der Waals surface area (Å²) in [5.41, 5.74) is 10.1. The molecule has 0 amide bonds. The molecule has 0 unspecified atom stereocenters. The Bertz CT molecular complexity index is 3280. The van der Waals surface area contributed by atoms with Gasteiger partial charge in [-0.05, 0) is 95.4 Å². The van der Waals surface area contributed by atoms with Crippen LogP contribution in [0.3, 0.4) is 0 Å². The van der Waals surface area contributed by atoms with Crippen molar-refractivity contribution in [1.82, 2.24) is 0 Å². The second-order valence-electron chi connectivity index (χ2n) is 14.6. The Kier molecular flexibility index (Phi) is 6.45. The standard InChI is InChI=1S/C50H31NS3/c1-50(41-16-6-2-11-33(41)34-12-3-7-17-42(34)50)30-21-25-47-39(27-30)38-15-10-18-43(49(38)54-47)51(31-23-26-46-40(28-31)36-14-5-9-20-45(36)52-46)32-22-24-37-35-13-4-8-19-44(35)53-48(37)29-32/h2-29H,1H3. The molecular weight excluding hydrogens is 711 g/mol. The lowest BCUT2D eigenvalue weighted by Gasteiger charge is -2.28. The Morgan fingerprint density at radius 1 is 0.389 bits per heavy atom. The quantitative estimate of drug-likeness (QED) is 0.174. The van der Waals surface area contributed by atoms with Crippen LogP contribution in [0.1, 0.15) is 23.6 Å². The van der Waals surface area contributed by atoms with Crippen LogP contribution in [0.4, 0.5) is 17.1 Å². The minimum absolute atomic E-state index is 0.238. The van der Waals surface area contributed by atoms with Gasteiger partial charge >= 0.3 is 0 Å². The second kappa shape index (κ2) is 11.4. The Morgan fingerprint density at radius 2 is 0.926 bits per heavy atom. The molecule has 0 atom stereocenters. The van der Waals surface area contributed by atoms with Gasteiger partial charge in [0.25, 0.3) is 0 Å². The molecule has 0 radical (unpaired) electrons. The minimum Gasteiger partial charge on any atom is -0.309 e. The van der Waals surface area contributed by atoms with E-state index in [2.05, 4.69) is 182 Å². The third kappa shape index (κ3) is 4.24. The Labute approximate surface area is 324 Å². The number of anilines is 3. The highest BCUT2D eigenvalue weighted by Gasteiger charge is 2.40. The van der Waals surface area contributed by atoms with Crippen LogP contribution in [0.5, 0.6) is 0 Å². The molecule has 12 rings (SSSR count). The van der Waals surface area contributed by atoms with E-state index < -0.39 is 0 Å². The minimum atomic E-state index is -0.238. The van der Waals surface area contributed by atoms with E-state index in [0.717, 1.165) is 0 Å². The number of hydrogen-bond acceptors (Lipinski definition) is 4. The fraction of sp³-hybridized carbons (Fsp3) is 0.0400. The number of rotatable bonds is 4. The highest BCUT2D eigenvalue weighted by atomic mass is 32.1. The average molecular weight is 742 g/mol. The van der Waals surface area contributed by atoms with Crippen LogP contribution in [0.2, 0.25) is 0 Å². The first-order chi connectivity index (χ1) is 26.6. The maximum absolute atomic E-state index is 2.50. The van der Waals surface area contributed by atoms with Crippen molar-refractivity contribution < 1.29 is 0 Å². The first-order valence-electron chi connectivity index (χ1n) is 18.4. The topological polar surface area (TPSA) is 3.24 Å². The lowest BCUT2D eigenvalue weighted by molar-refractivity contribution is 0.715. The zero-order valence-electron chi connectivity index (χ0n) is 29.3. The van der Waals surface area contributed by atoms with E-state index in [-0.39, 0.29) is 5.41 Å². The zero-order chi connectivity index (χ0) is 35.5. The number of benzene rings is 8. The van der Waals surface area contributed by atoms with Crippen molar-refractivity contribution in [3.05, 3.63) is 187 Å². The predicted molar refractivity (Wildman–Crippen MR) is 237 cm³/mol. The van der Waals surface area contributed by atoms with Crippen LogP contribution in [0, 0.1) is 0 Å². The molecule has 3 aromatic heterocycles. The highest BCUT2D eigenvalue weighted by molar-refractivity contribution is 7.27. The molecule has 1 nitrogen and oxygen atoms in total. The van der Waals surface area contributed by atoms with Gasteiger partial charge in [-0.1, -0.05) is 109 Å². The van der Waals surface area contributed by atoms with E-state index in [9.17, 15) is 0 Å². The molecule has 54 heavy (non-hydrogen) atoms. The molecule has 254 valence electrons. The van der Waals surface area contributed by atoms with Gasteiger partial charge in [0, 0.05) is 72.6 Å². The van der Waals surface area contributed by atoms with Crippen LogP contribution in [-0.2, 0) is 5.41 Å². The lowest BCUT2D eigenvalue weighted by Crippen LogP contribution is -2.22. The van der Waals surface area contributed by atoms with Gasteiger partial charge in [-0.15, -0.1) is 34.0 Å². The predicted octanol–water partition coefficient (Wildman–Crippen LogP) is 15.6.